The third-order valence-electron chi connectivity index (χ3n) is 4.30. The summed E-state index contributed by atoms with van der Waals surface area (Å²) in [6, 6.07) is 11.1. The van der Waals surface area contributed by atoms with Crippen LogP contribution in [0.5, 0.6) is 11.5 Å². The van der Waals surface area contributed by atoms with Crippen LogP contribution in [0.15, 0.2) is 36.4 Å². The van der Waals surface area contributed by atoms with Crippen LogP contribution in [-0.2, 0) is 16.0 Å². The van der Waals surface area contributed by atoms with Gasteiger partial charge in [0, 0.05) is 5.69 Å². The first-order chi connectivity index (χ1) is 12.5. The number of carbonyl (C=O) groups excluding carboxylic acids is 2. The van der Waals surface area contributed by atoms with Gasteiger partial charge in [0.05, 0.1) is 13.0 Å². The van der Waals surface area contributed by atoms with Crippen LogP contribution in [0.1, 0.15) is 16.7 Å². The van der Waals surface area contributed by atoms with Crippen molar-refractivity contribution >= 4 is 17.5 Å². The van der Waals surface area contributed by atoms with Crippen molar-refractivity contribution < 1.29 is 19.1 Å². The Balaban J connectivity index is 1.51. The second kappa shape index (κ2) is 7.91. The van der Waals surface area contributed by atoms with Crippen LogP contribution in [0.4, 0.5) is 5.69 Å². The lowest BCUT2D eigenvalue weighted by atomic mass is 10.1. The second-order valence-corrected chi connectivity index (χ2v) is 6.23. The Labute approximate surface area is 152 Å². The van der Waals surface area contributed by atoms with E-state index in [2.05, 4.69) is 10.6 Å². The molecular weight excluding hydrogens is 332 g/mol. The minimum atomic E-state index is -0.255. The Hall–Kier alpha value is -3.02. The van der Waals surface area contributed by atoms with Gasteiger partial charge in [0.2, 0.25) is 11.8 Å². The van der Waals surface area contributed by atoms with E-state index >= 15 is 0 Å². The number of fused-ring (bicyclic) bond motifs is 1. The summed E-state index contributed by atoms with van der Waals surface area (Å²) in [7, 11) is 0. The normalized spacial score (nSPS) is 12.4. The van der Waals surface area contributed by atoms with Crippen molar-refractivity contribution in [2.75, 3.05) is 25.1 Å². The highest BCUT2D eigenvalue weighted by atomic mass is 16.6. The zero-order chi connectivity index (χ0) is 18.5. The van der Waals surface area contributed by atoms with Crippen molar-refractivity contribution in [1.29, 1.82) is 0 Å². The van der Waals surface area contributed by atoms with Crippen LogP contribution in [0, 0.1) is 13.8 Å². The maximum atomic E-state index is 12.1. The Morgan fingerprint density at radius 1 is 1.00 bits per heavy atom. The van der Waals surface area contributed by atoms with Crippen LogP contribution in [-0.4, -0.2) is 31.6 Å². The highest BCUT2D eigenvalue weighted by Gasteiger charge is 2.14. The second-order valence-electron chi connectivity index (χ2n) is 6.23. The molecule has 6 nitrogen and oxygen atoms in total. The topological polar surface area (TPSA) is 76.7 Å². The summed E-state index contributed by atoms with van der Waals surface area (Å²) in [5.74, 6) is 0.856. The number of nitrogens with one attached hydrogen (secondary N) is 2. The van der Waals surface area contributed by atoms with Gasteiger partial charge in [-0.1, -0.05) is 18.2 Å². The van der Waals surface area contributed by atoms with E-state index in [9.17, 15) is 9.59 Å². The fraction of sp³-hybridized carbons (Fsp3) is 0.300. The SMILES string of the molecule is Cc1cccc(NC(=O)CNC(=O)Cc2ccc3c(c2)OCCO3)c1C. The van der Waals surface area contributed by atoms with Gasteiger partial charge in [0.1, 0.15) is 13.2 Å². The predicted octanol–water partition coefficient (Wildman–Crippen LogP) is 2.37. The highest BCUT2D eigenvalue weighted by Crippen LogP contribution is 2.30. The minimum Gasteiger partial charge on any atom is -0.486 e. The molecule has 0 saturated heterocycles. The Kier molecular flexibility index (Phi) is 5.41. The summed E-state index contributed by atoms with van der Waals surface area (Å²) < 4.78 is 11.0. The molecule has 1 aliphatic heterocycles. The molecule has 0 fully saturated rings. The largest absolute Gasteiger partial charge is 0.486 e. The number of carbonyl (C=O) groups is 2. The Bertz CT molecular complexity index is 833. The van der Waals surface area contributed by atoms with Crippen molar-refractivity contribution in [2.45, 2.75) is 20.3 Å². The van der Waals surface area contributed by atoms with Gasteiger partial charge in [-0.25, -0.2) is 0 Å². The molecule has 0 radical (unpaired) electrons. The van der Waals surface area contributed by atoms with Crippen LogP contribution >= 0.6 is 0 Å². The van der Waals surface area contributed by atoms with Gasteiger partial charge in [-0.05, 0) is 48.7 Å². The molecule has 6 heteroatoms. The summed E-state index contributed by atoms with van der Waals surface area (Å²) >= 11 is 0. The number of benzene rings is 2. The lowest BCUT2D eigenvalue weighted by Crippen LogP contribution is -2.34. The van der Waals surface area contributed by atoms with Gasteiger partial charge in [-0.15, -0.1) is 0 Å². The third kappa shape index (κ3) is 4.33. The number of anilines is 1. The molecule has 136 valence electrons. The van der Waals surface area contributed by atoms with Crippen LogP contribution in [0.2, 0.25) is 0 Å². The molecule has 0 bridgehead atoms. The van der Waals surface area contributed by atoms with Gasteiger partial charge in [0.15, 0.2) is 11.5 Å². The average Bonchev–Trinajstić information content (AvgIpc) is 2.64. The van der Waals surface area contributed by atoms with E-state index in [-0.39, 0.29) is 24.8 Å². The molecule has 0 saturated carbocycles. The number of hydrogen-bond donors (Lipinski definition) is 2. The van der Waals surface area contributed by atoms with Gasteiger partial charge >= 0.3 is 0 Å². The molecule has 2 aromatic rings. The maximum Gasteiger partial charge on any atom is 0.243 e. The molecule has 0 unspecified atom stereocenters. The van der Waals surface area contributed by atoms with Crippen molar-refractivity contribution in [2.24, 2.45) is 0 Å². The van der Waals surface area contributed by atoms with E-state index in [0.717, 1.165) is 22.4 Å². The zero-order valence-corrected chi connectivity index (χ0v) is 14.9. The van der Waals surface area contributed by atoms with E-state index in [1.807, 2.05) is 38.1 Å². The van der Waals surface area contributed by atoms with E-state index < -0.39 is 0 Å². The van der Waals surface area contributed by atoms with E-state index in [0.29, 0.717) is 24.7 Å². The molecule has 0 aliphatic carbocycles. The number of amides is 2. The smallest absolute Gasteiger partial charge is 0.243 e. The molecule has 0 spiro atoms. The summed E-state index contributed by atoms with van der Waals surface area (Å²) in [6.45, 7) is 4.89. The van der Waals surface area contributed by atoms with E-state index in [1.54, 1.807) is 12.1 Å². The predicted molar refractivity (Wildman–Crippen MR) is 98.7 cm³/mol. The quantitative estimate of drug-likeness (QED) is 0.864. The summed E-state index contributed by atoms with van der Waals surface area (Å²) in [5, 5.41) is 5.46. The number of rotatable bonds is 5. The van der Waals surface area contributed by atoms with Crippen molar-refractivity contribution in [3.63, 3.8) is 0 Å². The lowest BCUT2D eigenvalue weighted by Gasteiger charge is -2.18. The molecule has 2 aromatic carbocycles. The molecule has 1 aliphatic rings. The van der Waals surface area contributed by atoms with Crippen molar-refractivity contribution in [1.82, 2.24) is 5.32 Å². The van der Waals surface area contributed by atoms with Crippen LogP contribution in [0.25, 0.3) is 0 Å². The van der Waals surface area contributed by atoms with Gasteiger partial charge in [-0.3, -0.25) is 9.59 Å². The van der Waals surface area contributed by atoms with Crippen molar-refractivity contribution in [3.05, 3.63) is 53.1 Å². The third-order valence-corrected chi connectivity index (χ3v) is 4.30. The Morgan fingerprint density at radius 3 is 2.58 bits per heavy atom. The molecule has 2 amide bonds. The summed E-state index contributed by atoms with van der Waals surface area (Å²) in [4.78, 5) is 24.2. The molecule has 3 rings (SSSR count). The van der Waals surface area contributed by atoms with Gasteiger partial charge < -0.3 is 20.1 Å². The lowest BCUT2D eigenvalue weighted by molar-refractivity contribution is -0.123. The fourth-order valence-electron chi connectivity index (χ4n) is 2.71. The first kappa shape index (κ1) is 17.8. The first-order valence-corrected chi connectivity index (χ1v) is 8.54. The van der Waals surface area contributed by atoms with Crippen molar-refractivity contribution in [3.8, 4) is 11.5 Å². The van der Waals surface area contributed by atoms with Crippen LogP contribution in [0.3, 0.4) is 0 Å². The maximum absolute atomic E-state index is 12.1. The summed E-state index contributed by atoms with van der Waals surface area (Å²) in [6.07, 6.45) is 0.174. The van der Waals surface area contributed by atoms with Gasteiger partial charge in [0.25, 0.3) is 0 Å². The zero-order valence-electron chi connectivity index (χ0n) is 14.9. The molecule has 26 heavy (non-hydrogen) atoms. The Morgan fingerprint density at radius 2 is 1.77 bits per heavy atom. The highest BCUT2D eigenvalue weighted by molar-refractivity contribution is 5.95. The monoisotopic (exact) mass is 354 g/mol. The molecule has 0 atom stereocenters. The standard InChI is InChI=1S/C20H22N2O4/c1-13-4-3-5-16(14(13)2)22-20(24)12-21-19(23)11-15-6-7-17-18(10-15)26-9-8-25-17/h3-7,10H,8-9,11-12H2,1-2H3,(H,21,23)(H,22,24). The fourth-order valence-corrected chi connectivity index (χ4v) is 2.71. The van der Waals surface area contributed by atoms with Crippen LogP contribution < -0.4 is 20.1 Å². The molecule has 2 N–H and O–H groups in total. The van der Waals surface area contributed by atoms with Gasteiger partial charge in [-0.2, -0.15) is 0 Å². The number of hydrogen-bond acceptors (Lipinski definition) is 4. The first-order valence-electron chi connectivity index (χ1n) is 8.54. The van der Waals surface area contributed by atoms with E-state index in [1.165, 1.54) is 0 Å². The minimum absolute atomic E-state index is 0.0727. The summed E-state index contributed by atoms with van der Waals surface area (Å²) in [5.41, 5.74) is 3.69. The molecule has 0 aromatic heterocycles. The average molecular weight is 354 g/mol. The number of aryl methyl sites for hydroxylation is 1. The number of ether oxygens (including phenoxy) is 2. The van der Waals surface area contributed by atoms with E-state index in [4.69, 9.17) is 9.47 Å². The molecule has 1 heterocycles. The molecular formula is C20H22N2O4.